The smallest absolute Gasteiger partial charge is 0.244 e. The van der Waals surface area contributed by atoms with Gasteiger partial charge in [0.1, 0.15) is 5.82 Å². The third-order valence-corrected chi connectivity index (χ3v) is 4.01. The Balaban J connectivity index is 1.83. The summed E-state index contributed by atoms with van der Waals surface area (Å²) in [4.78, 5) is 14.3. The first-order valence-electron chi connectivity index (χ1n) is 7.62. The number of hydrogen-bond acceptors (Lipinski definition) is 3. The number of nitrogens with one attached hydrogen (secondary N) is 1. The lowest BCUT2D eigenvalue weighted by atomic mass is 10.1. The van der Waals surface area contributed by atoms with Gasteiger partial charge in [-0.3, -0.25) is 9.69 Å². The summed E-state index contributed by atoms with van der Waals surface area (Å²) in [6.07, 6.45) is 3.16. The van der Waals surface area contributed by atoms with Gasteiger partial charge in [0.05, 0.1) is 13.2 Å². The minimum atomic E-state index is -0.283. The Morgan fingerprint density at radius 1 is 1.27 bits per heavy atom. The van der Waals surface area contributed by atoms with Crippen molar-refractivity contribution in [2.75, 3.05) is 26.3 Å². The first-order chi connectivity index (χ1) is 10.6. The first-order valence-corrected chi connectivity index (χ1v) is 7.62. The van der Waals surface area contributed by atoms with Gasteiger partial charge in [0.15, 0.2) is 0 Å². The molecule has 2 rings (SSSR count). The Morgan fingerprint density at radius 3 is 2.55 bits per heavy atom. The molecule has 22 heavy (non-hydrogen) atoms. The van der Waals surface area contributed by atoms with Gasteiger partial charge in [0.25, 0.3) is 0 Å². The van der Waals surface area contributed by atoms with E-state index in [0.717, 1.165) is 31.9 Å². The van der Waals surface area contributed by atoms with Crippen LogP contribution in [0.2, 0.25) is 0 Å². The molecule has 1 aromatic carbocycles. The molecular weight excluding hydrogens is 283 g/mol. The van der Waals surface area contributed by atoms with Gasteiger partial charge in [0, 0.05) is 31.2 Å². The van der Waals surface area contributed by atoms with Crippen LogP contribution in [0.3, 0.4) is 0 Å². The van der Waals surface area contributed by atoms with Crippen LogP contribution in [0.1, 0.15) is 19.4 Å². The molecule has 1 heterocycles. The third-order valence-electron chi connectivity index (χ3n) is 4.01. The Hall–Kier alpha value is -1.72. The van der Waals surface area contributed by atoms with E-state index in [1.165, 1.54) is 18.2 Å². The van der Waals surface area contributed by atoms with Crippen LogP contribution in [0.25, 0.3) is 6.08 Å². The maximum Gasteiger partial charge on any atom is 0.244 e. The summed E-state index contributed by atoms with van der Waals surface area (Å²) >= 11 is 0. The van der Waals surface area contributed by atoms with Crippen LogP contribution < -0.4 is 5.32 Å². The molecule has 2 unspecified atom stereocenters. The molecule has 0 aliphatic carbocycles. The molecule has 120 valence electrons. The quantitative estimate of drug-likeness (QED) is 0.847. The van der Waals surface area contributed by atoms with Crippen molar-refractivity contribution in [1.29, 1.82) is 0 Å². The molecule has 0 radical (unpaired) electrons. The van der Waals surface area contributed by atoms with E-state index in [9.17, 15) is 9.18 Å². The molecule has 1 aliphatic heterocycles. The van der Waals surface area contributed by atoms with E-state index in [2.05, 4.69) is 17.1 Å². The summed E-state index contributed by atoms with van der Waals surface area (Å²) in [6, 6.07) is 6.33. The number of hydrogen-bond donors (Lipinski definition) is 1. The van der Waals surface area contributed by atoms with Crippen LogP contribution >= 0.6 is 0 Å². The van der Waals surface area contributed by atoms with Crippen molar-refractivity contribution in [1.82, 2.24) is 10.2 Å². The molecule has 1 aliphatic rings. The van der Waals surface area contributed by atoms with Gasteiger partial charge < -0.3 is 10.1 Å². The zero-order chi connectivity index (χ0) is 15.9. The van der Waals surface area contributed by atoms with Crippen LogP contribution in [-0.2, 0) is 9.53 Å². The Morgan fingerprint density at radius 2 is 1.91 bits per heavy atom. The Labute approximate surface area is 131 Å². The van der Waals surface area contributed by atoms with Gasteiger partial charge in [0.2, 0.25) is 5.91 Å². The molecule has 2 atom stereocenters. The number of morpholine rings is 1. The molecule has 1 aromatic rings. The van der Waals surface area contributed by atoms with Crippen molar-refractivity contribution in [2.24, 2.45) is 0 Å². The summed E-state index contributed by atoms with van der Waals surface area (Å²) in [7, 11) is 0. The van der Waals surface area contributed by atoms with Gasteiger partial charge in [-0.15, -0.1) is 0 Å². The largest absolute Gasteiger partial charge is 0.379 e. The van der Waals surface area contributed by atoms with E-state index in [0.29, 0.717) is 0 Å². The summed E-state index contributed by atoms with van der Waals surface area (Å²) < 4.78 is 18.1. The van der Waals surface area contributed by atoms with Gasteiger partial charge in [-0.05, 0) is 37.6 Å². The zero-order valence-corrected chi connectivity index (χ0v) is 13.1. The van der Waals surface area contributed by atoms with E-state index < -0.39 is 0 Å². The fourth-order valence-corrected chi connectivity index (χ4v) is 2.44. The number of carbonyl (C=O) groups is 1. The van der Waals surface area contributed by atoms with Crippen molar-refractivity contribution < 1.29 is 13.9 Å². The maximum atomic E-state index is 12.8. The molecular formula is C17H23FN2O2. The van der Waals surface area contributed by atoms with E-state index in [1.54, 1.807) is 18.2 Å². The molecule has 1 saturated heterocycles. The van der Waals surface area contributed by atoms with Gasteiger partial charge in [-0.2, -0.15) is 0 Å². The second-order valence-corrected chi connectivity index (χ2v) is 5.57. The van der Waals surface area contributed by atoms with Gasteiger partial charge in [-0.25, -0.2) is 4.39 Å². The SMILES string of the molecule is CC(NC(=O)/C=C/c1ccc(F)cc1)C(C)N1CCOCC1. The van der Waals surface area contributed by atoms with Gasteiger partial charge in [-0.1, -0.05) is 12.1 Å². The van der Waals surface area contributed by atoms with Gasteiger partial charge >= 0.3 is 0 Å². The van der Waals surface area contributed by atoms with Crippen LogP contribution in [-0.4, -0.2) is 49.2 Å². The molecule has 0 aromatic heterocycles. The average Bonchev–Trinajstić information content (AvgIpc) is 2.54. The highest BCUT2D eigenvalue weighted by Gasteiger charge is 2.22. The van der Waals surface area contributed by atoms with E-state index >= 15 is 0 Å². The molecule has 0 spiro atoms. The minimum absolute atomic E-state index is 0.0449. The van der Waals surface area contributed by atoms with Crippen molar-refractivity contribution >= 4 is 12.0 Å². The highest BCUT2D eigenvalue weighted by atomic mass is 19.1. The van der Waals surface area contributed by atoms with E-state index in [4.69, 9.17) is 4.74 Å². The lowest BCUT2D eigenvalue weighted by Crippen LogP contribution is -2.51. The number of benzene rings is 1. The second kappa shape index (κ2) is 8.06. The number of ether oxygens (including phenoxy) is 1. The summed E-state index contributed by atoms with van der Waals surface area (Å²) in [5, 5.41) is 2.98. The number of halogens is 1. The zero-order valence-electron chi connectivity index (χ0n) is 13.1. The number of carbonyl (C=O) groups excluding carboxylic acids is 1. The lowest BCUT2D eigenvalue weighted by molar-refractivity contribution is -0.117. The van der Waals surface area contributed by atoms with Crippen molar-refractivity contribution in [3.05, 3.63) is 41.7 Å². The number of amides is 1. The molecule has 1 fully saturated rings. The summed E-state index contributed by atoms with van der Waals surface area (Å²) in [5.74, 6) is -0.425. The predicted octanol–water partition coefficient (Wildman–Crippen LogP) is 2.06. The van der Waals surface area contributed by atoms with Crippen molar-refractivity contribution in [2.45, 2.75) is 25.9 Å². The first kappa shape index (κ1) is 16.6. The molecule has 0 saturated carbocycles. The molecule has 4 nitrogen and oxygen atoms in total. The topological polar surface area (TPSA) is 41.6 Å². The maximum absolute atomic E-state index is 12.8. The molecule has 1 N–H and O–H groups in total. The Bertz CT molecular complexity index is 510. The van der Waals surface area contributed by atoms with Crippen LogP contribution in [0, 0.1) is 5.82 Å². The lowest BCUT2D eigenvalue weighted by Gasteiger charge is -2.35. The van der Waals surface area contributed by atoms with Crippen molar-refractivity contribution in [3.63, 3.8) is 0 Å². The van der Waals surface area contributed by atoms with Crippen molar-refractivity contribution in [3.8, 4) is 0 Å². The van der Waals surface area contributed by atoms with Crippen LogP contribution in [0.15, 0.2) is 30.3 Å². The van der Waals surface area contributed by atoms with Crippen LogP contribution in [0.5, 0.6) is 0 Å². The molecule has 5 heteroatoms. The van der Waals surface area contributed by atoms with Crippen LogP contribution in [0.4, 0.5) is 4.39 Å². The summed E-state index contributed by atoms with van der Waals surface area (Å²) in [6.45, 7) is 7.40. The van der Waals surface area contributed by atoms with E-state index in [1.807, 2.05) is 6.92 Å². The van der Waals surface area contributed by atoms with E-state index in [-0.39, 0.29) is 23.8 Å². The summed E-state index contributed by atoms with van der Waals surface area (Å²) in [5.41, 5.74) is 0.797. The predicted molar refractivity (Wildman–Crippen MR) is 84.9 cm³/mol. The highest BCUT2D eigenvalue weighted by Crippen LogP contribution is 2.08. The monoisotopic (exact) mass is 306 g/mol. The third kappa shape index (κ3) is 4.93. The normalized spacial score (nSPS) is 19.0. The second-order valence-electron chi connectivity index (χ2n) is 5.57. The fourth-order valence-electron chi connectivity index (χ4n) is 2.44. The highest BCUT2D eigenvalue weighted by molar-refractivity contribution is 5.91. The average molecular weight is 306 g/mol. The fraction of sp³-hybridized carbons (Fsp3) is 0.471. The number of nitrogens with zero attached hydrogens (tertiary/aromatic N) is 1. The Kier molecular flexibility index (Phi) is 6.10. The molecule has 1 amide bonds. The minimum Gasteiger partial charge on any atom is -0.379 e. The standard InChI is InChI=1S/C17H23FN2O2/c1-13(14(2)20-9-11-22-12-10-20)19-17(21)8-5-15-3-6-16(18)7-4-15/h3-8,13-14H,9-12H2,1-2H3,(H,19,21)/b8-5+. The molecule has 0 bridgehead atoms. The number of rotatable bonds is 5.